The molecule has 170 valence electrons. The van der Waals surface area contributed by atoms with Gasteiger partial charge in [-0.1, -0.05) is 93.4 Å². The molecular weight excluding hydrogens is 376 g/mol. The number of carbonyl (C=O) groups is 1. The highest BCUT2D eigenvalue weighted by molar-refractivity contribution is 6.77. The lowest BCUT2D eigenvalue weighted by atomic mass is 9.85. The molecule has 4 heteroatoms. The van der Waals surface area contributed by atoms with Crippen molar-refractivity contribution in [2.24, 2.45) is 5.41 Å². The fraction of sp³-hybridized carbons (Fsp3) is 0.800. The van der Waals surface area contributed by atoms with E-state index >= 15 is 0 Å². The van der Waals surface area contributed by atoms with Crippen molar-refractivity contribution < 1.29 is 14.0 Å². The highest BCUT2D eigenvalue weighted by atomic mass is 28.4. The summed E-state index contributed by atoms with van der Waals surface area (Å²) in [4.78, 5) is 11.7. The van der Waals surface area contributed by atoms with Crippen molar-refractivity contribution in [1.29, 1.82) is 0 Å². The van der Waals surface area contributed by atoms with Gasteiger partial charge in [-0.15, -0.1) is 0 Å². The number of esters is 1. The van der Waals surface area contributed by atoms with Crippen molar-refractivity contribution in [1.82, 2.24) is 0 Å². The third kappa shape index (κ3) is 9.21. The zero-order chi connectivity index (χ0) is 22.8. The second-order valence-corrected chi connectivity index (χ2v) is 15.8. The Kier molecular flexibility index (Phi) is 12.4. The maximum Gasteiger partial charge on any atom is 0.330 e. The maximum absolute atomic E-state index is 11.7. The van der Waals surface area contributed by atoms with Gasteiger partial charge in [0.25, 0.3) is 0 Å². The van der Waals surface area contributed by atoms with Gasteiger partial charge < -0.3 is 9.16 Å². The summed E-state index contributed by atoms with van der Waals surface area (Å²) in [5.41, 5.74) is 2.97. The molecule has 29 heavy (non-hydrogen) atoms. The molecule has 1 unspecified atom stereocenters. The van der Waals surface area contributed by atoms with Crippen LogP contribution >= 0.6 is 0 Å². The fourth-order valence-electron chi connectivity index (χ4n) is 4.20. The van der Waals surface area contributed by atoms with Crippen molar-refractivity contribution >= 4 is 14.3 Å². The predicted octanol–water partition coefficient (Wildman–Crippen LogP) is 7.83. The lowest BCUT2D eigenvalue weighted by Crippen LogP contribution is -2.52. The molecule has 0 rings (SSSR count). The van der Waals surface area contributed by atoms with Crippen molar-refractivity contribution in [3.8, 4) is 0 Å². The monoisotopic (exact) mass is 424 g/mol. The van der Waals surface area contributed by atoms with E-state index in [2.05, 4.69) is 76.2 Å². The molecule has 0 aliphatic heterocycles. The minimum absolute atomic E-state index is 0.0504. The minimum atomic E-state index is -1.95. The Bertz CT molecular complexity index is 517. The summed E-state index contributed by atoms with van der Waals surface area (Å²) in [5, 5.41) is 0. The van der Waals surface area contributed by atoms with Crippen LogP contribution in [0, 0.1) is 5.41 Å². The van der Waals surface area contributed by atoms with Crippen LogP contribution < -0.4 is 0 Å². The zero-order valence-electron chi connectivity index (χ0n) is 21.1. The van der Waals surface area contributed by atoms with Crippen LogP contribution in [0.5, 0.6) is 0 Å². The fourth-order valence-corrected chi connectivity index (χ4v) is 9.94. The van der Waals surface area contributed by atoms with Gasteiger partial charge in [-0.3, -0.25) is 0 Å². The van der Waals surface area contributed by atoms with E-state index in [1.54, 1.807) is 6.08 Å². The Labute approximate surface area is 182 Å². The summed E-state index contributed by atoms with van der Waals surface area (Å²) in [6, 6.07) is 0. The standard InChI is InChI=1S/C25H48O3Si/c1-12-13-17-27-24(26)16-14-15-22(8)18-23(25(9,10)11)28-29(19(2)3,20(4)5)21(6)7/h14-16,19-21,23H,12-13,17-18H2,1-11H3/b16-14+,22-15+. The van der Waals surface area contributed by atoms with Gasteiger partial charge in [0.15, 0.2) is 0 Å². The van der Waals surface area contributed by atoms with Gasteiger partial charge in [-0.05, 0) is 41.8 Å². The maximum atomic E-state index is 11.7. The number of hydrogen-bond donors (Lipinski definition) is 0. The summed E-state index contributed by atoms with van der Waals surface area (Å²) < 4.78 is 12.3. The van der Waals surface area contributed by atoms with Gasteiger partial charge >= 0.3 is 5.97 Å². The van der Waals surface area contributed by atoms with Crippen molar-refractivity contribution in [3.05, 3.63) is 23.8 Å². The molecule has 0 aliphatic carbocycles. The Morgan fingerprint density at radius 3 is 1.93 bits per heavy atom. The first-order valence-corrected chi connectivity index (χ1v) is 13.6. The molecule has 0 amide bonds. The van der Waals surface area contributed by atoms with Gasteiger partial charge in [0.1, 0.15) is 0 Å². The Balaban J connectivity index is 5.38. The molecule has 3 nitrogen and oxygen atoms in total. The number of rotatable bonds is 12. The topological polar surface area (TPSA) is 35.5 Å². The Morgan fingerprint density at radius 2 is 1.52 bits per heavy atom. The molecule has 0 N–H and O–H groups in total. The summed E-state index contributed by atoms with van der Waals surface area (Å²) in [7, 11) is -1.95. The van der Waals surface area contributed by atoms with Crippen LogP contribution in [0.15, 0.2) is 23.8 Å². The smallest absolute Gasteiger partial charge is 0.330 e. The van der Waals surface area contributed by atoms with E-state index in [0.717, 1.165) is 19.3 Å². The molecule has 0 saturated carbocycles. The normalized spacial score (nSPS) is 15.0. The van der Waals surface area contributed by atoms with Crippen LogP contribution in [-0.4, -0.2) is 27.0 Å². The molecule has 0 radical (unpaired) electrons. The molecule has 0 fully saturated rings. The molecule has 0 aromatic rings. The second kappa shape index (κ2) is 12.7. The van der Waals surface area contributed by atoms with E-state index in [1.807, 2.05) is 6.08 Å². The third-order valence-corrected chi connectivity index (χ3v) is 12.0. The van der Waals surface area contributed by atoms with E-state index in [0.29, 0.717) is 23.2 Å². The highest BCUT2D eigenvalue weighted by Crippen LogP contribution is 2.45. The molecule has 0 aliphatic rings. The van der Waals surface area contributed by atoms with Crippen LogP contribution in [0.3, 0.4) is 0 Å². The van der Waals surface area contributed by atoms with E-state index in [9.17, 15) is 4.79 Å². The average Bonchev–Trinajstić information content (AvgIpc) is 2.56. The van der Waals surface area contributed by atoms with Gasteiger partial charge in [-0.2, -0.15) is 0 Å². The van der Waals surface area contributed by atoms with Gasteiger partial charge in [0, 0.05) is 6.08 Å². The third-order valence-electron chi connectivity index (χ3n) is 5.88. The van der Waals surface area contributed by atoms with Gasteiger partial charge in [0.2, 0.25) is 8.32 Å². The van der Waals surface area contributed by atoms with Crippen molar-refractivity contribution in [2.75, 3.05) is 6.61 Å². The van der Waals surface area contributed by atoms with Crippen LogP contribution in [0.2, 0.25) is 16.6 Å². The number of allylic oxidation sites excluding steroid dienone is 2. The summed E-state index contributed by atoms with van der Waals surface area (Å²) in [6.45, 7) is 25.5. The molecule has 0 saturated heterocycles. The number of unbranched alkanes of at least 4 members (excludes halogenated alkanes) is 1. The summed E-state index contributed by atoms with van der Waals surface area (Å²) >= 11 is 0. The largest absolute Gasteiger partial charge is 0.463 e. The van der Waals surface area contributed by atoms with E-state index in [4.69, 9.17) is 9.16 Å². The molecule has 0 heterocycles. The van der Waals surface area contributed by atoms with Crippen LogP contribution in [0.1, 0.15) is 95.4 Å². The second-order valence-electron chi connectivity index (χ2n) is 10.4. The summed E-state index contributed by atoms with van der Waals surface area (Å²) in [6.07, 6.45) is 8.31. The SMILES string of the molecule is CCCCOC(=O)/C=C/C=C(\C)CC(O[Si](C(C)C)(C(C)C)C(C)C)C(C)(C)C. The highest BCUT2D eigenvalue weighted by Gasteiger charge is 2.48. The first kappa shape index (κ1) is 28.1. The first-order valence-electron chi connectivity index (χ1n) is 11.5. The predicted molar refractivity (Wildman–Crippen MR) is 129 cm³/mol. The molecular formula is C25H48O3Si. The van der Waals surface area contributed by atoms with E-state index in [1.165, 1.54) is 11.6 Å². The minimum Gasteiger partial charge on any atom is -0.463 e. The van der Waals surface area contributed by atoms with Crippen molar-refractivity contribution in [3.63, 3.8) is 0 Å². The Morgan fingerprint density at radius 1 is 1.00 bits per heavy atom. The van der Waals surface area contributed by atoms with Crippen LogP contribution in [0.4, 0.5) is 0 Å². The average molecular weight is 425 g/mol. The zero-order valence-corrected chi connectivity index (χ0v) is 22.1. The quantitative estimate of drug-likeness (QED) is 0.105. The molecule has 1 atom stereocenters. The number of hydrogen-bond acceptors (Lipinski definition) is 3. The van der Waals surface area contributed by atoms with Crippen LogP contribution in [-0.2, 0) is 14.0 Å². The molecule has 0 aromatic carbocycles. The molecule has 0 spiro atoms. The molecule has 0 bridgehead atoms. The van der Waals surface area contributed by atoms with Crippen molar-refractivity contribution in [2.45, 2.75) is 118 Å². The Hall–Kier alpha value is -0.873. The summed E-state index contributed by atoms with van der Waals surface area (Å²) in [5.74, 6) is -0.267. The van der Waals surface area contributed by atoms with Crippen LogP contribution in [0.25, 0.3) is 0 Å². The van der Waals surface area contributed by atoms with E-state index < -0.39 is 8.32 Å². The number of ether oxygens (including phenoxy) is 1. The lowest BCUT2D eigenvalue weighted by Gasteiger charge is -2.47. The lowest BCUT2D eigenvalue weighted by molar-refractivity contribution is -0.137. The first-order chi connectivity index (χ1) is 13.3. The number of carbonyl (C=O) groups excluding carboxylic acids is 1. The van der Waals surface area contributed by atoms with E-state index in [-0.39, 0.29) is 17.5 Å². The van der Waals surface area contributed by atoms with Gasteiger partial charge in [-0.25, -0.2) is 4.79 Å². The van der Waals surface area contributed by atoms with Gasteiger partial charge in [0.05, 0.1) is 12.7 Å². The molecule has 0 aromatic heterocycles.